The van der Waals surface area contributed by atoms with Gasteiger partial charge in [0.05, 0.1) is 5.92 Å². The predicted molar refractivity (Wildman–Crippen MR) is 37.8 cm³/mol. The van der Waals surface area contributed by atoms with Crippen molar-refractivity contribution < 1.29 is 23.4 Å². The average molecular weight is 198 g/mol. The van der Waals surface area contributed by atoms with Gasteiger partial charge in [-0.3, -0.25) is 5.43 Å². The maximum atomic E-state index is 12.0. The summed E-state index contributed by atoms with van der Waals surface area (Å²) in [6, 6.07) is 0. The molecule has 1 aliphatic heterocycles. The molecule has 0 aliphatic carbocycles. The second-order valence-electron chi connectivity index (χ2n) is 2.84. The highest BCUT2D eigenvalue weighted by Crippen LogP contribution is 2.29. The highest BCUT2D eigenvalue weighted by Gasteiger charge is 2.48. The van der Waals surface area contributed by atoms with E-state index in [1.807, 2.05) is 0 Å². The lowest BCUT2D eigenvalue weighted by Crippen LogP contribution is -2.45. The van der Waals surface area contributed by atoms with E-state index in [-0.39, 0.29) is 5.71 Å². The molecule has 3 N–H and O–H groups in total. The lowest BCUT2D eigenvalue weighted by molar-refractivity contribution is -0.220. The van der Waals surface area contributed by atoms with Crippen LogP contribution >= 0.6 is 0 Å². The number of aliphatic hydroxyl groups is 2. The van der Waals surface area contributed by atoms with Gasteiger partial charge in [0.1, 0.15) is 0 Å². The van der Waals surface area contributed by atoms with Crippen LogP contribution in [0.4, 0.5) is 13.2 Å². The highest BCUT2D eigenvalue weighted by molar-refractivity contribution is 5.86. The molecule has 0 amide bonds. The SMILES string of the molecule is CC1=NNC(O)C1C(O)C(F)(F)F. The van der Waals surface area contributed by atoms with Crippen molar-refractivity contribution in [3.05, 3.63) is 0 Å². The second-order valence-corrected chi connectivity index (χ2v) is 2.84. The van der Waals surface area contributed by atoms with E-state index in [0.29, 0.717) is 0 Å². The van der Waals surface area contributed by atoms with Gasteiger partial charge in [-0.2, -0.15) is 18.3 Å². The summed E-state index contributed by atoms with van der Waals surface area (Å²) in [4.78, 5) is 0. The van der Waals surface area contributed by atoms with Crippen LogP contribution in [0.3, 0.4) is 0 Å². The van der Waals surface area contributed by atoms with Crippen LogP contribution in [-0.4, -0.2) is 34.4 Å². The molecule has 0 saturated heterocycles. The van der Waals surface area contributed by atoms with Gasteiger partial charge in [-0.25, -0.2) is 0 Å². The average Bonchev–Trinajstić information content (AvgIpc) is 2.28. The molecule has 4 nitrogen and oxygen atoms in total. The molecule has 0 spiro atoms. The number of hydrazone groups is 1. The van der Waals surface area contributed by atoms with Crippen LogP contribution in [-0.2, 0) is 0 Å². The van der Waals surface area contributed by atoms with Crippen molar-refractivity contribution in [2.45, 2.75) is 25.4 Å². The molecule has 0 radical (unpaired) electrons. The number of hydrogen-bond donors (Lipinski definition) is 3. The zero-order valence-electron chi connectivity index (χ0n) is 6.71. The predicted octanol–water partition coefficient (Wildman–Crippen LogP) is -0.177. The number of hydrogen-bond acceptors (Lipinski definition) is 4. The third-order valence-electron chi connectivity index (χ3n) is 1.87. The van der Waals surface area contributed by atoms with Gasteiger partial charge < -0.3 is 10.2 Å². The van der Waals surface area contributed by atoms with E-state index in [2.05, 4.69) is 10.5 Å². The number of nitrogens with one attached hydrogen (secondary N) is 1. The zero-order chi connectivity index (χ0) is 10.2. The first kappa shape index (κ1) is 10.3. The minimum Gasteiger partial charge on any atom is -0.383 e. The fourth-order valence-corrected chi connectivity index (χ4v) is 1.16. The Morgan fingerprint density at radius 3 is 2.38 bits per heavy atom. The summed E-state index contributed by atoms with van der Waals surface area (Å²) in [5.41, 5.74) is 2.10. The van der Waals surface area contributed by atoms with E-state index in [9.17, 15) is 13.2 Å². The molecule has 0 aromatic heterocycles. The van der Waals surface area contributed by atoms with Crippen LogP contribution in [0.25, 0.3) is 0 Å². The van der Waals surface area contributed by atoms with E-state index in [1.165, 1.54) is 6.92 Å². The molecular formula is C6H9F3N2O2. The molecule has 3 atom stereocenters. The van der Waals surface area contributed by atoms with E-state index >= 15 is 0 Å². The van der Waals surface area contributed by atoms with Crippen molar-refractivity contribution in [1.82, 2.24) is 5.43 Å². The first-order chi connectivity index (χ1) is 5.84. The van der Waals surface area contributed by atoms with Crippen LogP contribution in [0, 0.1) is 5.92 Å². The molecule has 0 bridgehead atoms. The van der Waals surface area contributed by atoms with E-state index in [0.717, 1.165) is 0 Å². The van der Waals surface area contributed by atoms with Gasteiger partial charge in [-0.05, 0) is 6.92 Å². The fourth-order valence-electron chi connectivity index (χ4n) is 1.16. The minimum atomic E-state index is -4.74. The summed E-state index contributed by atoms with van der Waals surface area (Å²) >= 11 is 0. The normalized spacial score (nSPS) is 31.1. The quantitative estimate of drug-likeness (QED) is 0.547. The Bertz CT molecular complexity index is 228. The molecule has 0 aromatic rings. The molecule has 0 saturated carbocycles. The van der Waals surface area contributed by atoms with E-state index in [4.69, 9.17) is 10.2 Å². The van der Waals surface area contributed by atoms with Crippen LogP contribution in [0.2, 0.25) is 0 Å². The van der Waals surface area contributed by atoms with Gasteiger partial charge in [-0.1, -0.05) is 0 Å². The zero-order valence-corrected chi connectivity index (χ0v) is 6.71. The monoisotopic (exact) mass is 198 g/mol. The molecule has 0 aromatic carbocycles. The van der Waals surface area contributed by atoms with Gasteiger partial charge in [0, 0.05) is 5.71 Å². The van der Waals surface area contributed by atoms with Crippen LogP contribution in [0.1, 0.15) is 6.92 Å². The van der Waals surface area contributed by atoms with Crippen LogP contribution in [0.5, 0.6) is 0 Å². The molecule has 1 heterocycles. The standard InChI is InChI=1S/C6H9F3N2O2/c1-2-3(5(13)11-10-2)4(12)6(7,8)9/h3-5,11-13H,1H3. The van der Waals surface area contributed by atoms with Gasteiger partial charge >= 0.3 is 6.18 Å². The Balaban J connectivity index is 2.77. The molecular weight excluding hydrogens is 189 g/mol. The van der Waals surface area contributed by atoms with Crippen molar-refractivity contribution in [2.75, 3.05) is 0 Å². The van der Waals surface area contributed by atoms with Gasteiger partial charge in [0.25, 0.3) is 0 Å². The molecule has 1 rings (SSSR count). The summed E-state index contributed by atoms with van der Waals surface area (Å²) in [5.74, 6) is -1.42. The van der Waals surface area contributed by atoms with Crippen molar-refractivity contribution in [2.24, 2.45) is 11.0 Å². The first-order valence-electron chi connectivity index (χ1n) is 3.56. The first-order valence-corrected chi connectivity index (χ1v) is 3.56. The largest absolute Gasteiger partial charge is 0.415 e. The Labute approximate surface area is 72.1 Å². The van der Waals surface area contributed by atoms with Crippen LogP contribution in [0.15, 0.2) is 5.10 Å². The van der Waals surface area contributed by atoms with Crippen molar-refractivity contribution in [3.63, 3.8) is 0 Å². The van der Waals surface area contributed by atoms with E-state index < -0.39 is 24.4 Å². The number of alkyl halides is 3. The van der Waals surface area contributed by atoms with Crippen molar-refractivity contribution in [1.29, 1.82) is 0 Å². The van der Waals surface area contributed by atoms with Crippen molar-refractivity contribution >= 4 is 5.71 Å². The summed E-state index contributed by atoms with van der Waals surface area (Å²) < 4.78 is 36.0. The van der Waals surface area contributed by atoms with E-state index in [1.54, 1.807) is 0 Å². The molecule has 76 valence electrons. The Kier molecular flexibility index (Phi) is 2.49. The maximum absolute atomic E-state index is 12.0. The molecule has 3 unspecified atom stereocenters. The van der Waals surface area contributed by atoms with Gasteiger partial charge in [0.2, 0.25) is 0 Å². The summed E-state index contributed by atoms with van der Waals surface area (Å²) in [5, 5.41) is 21.2. The second kappa shape index (κ2) is 3.15. The lowest BCUT2D eigenvalue weighted by Gasteiger charge is -2.22. The minimum absolute atomic E-state index is 0.0392. The number of rotatable bonds is 1. The highest BCUT2D eigenvalue weighted by atomic mass is 19.4. The third-order valence-corrected chi connectivity index (χ3v) is 1.87. The number of nitrogens with zero attached hydrogens (tertiary/aromatic N) is 1. The lowest BCUT2D eigenvalue weighted by atomic mass is 9.96. The van der Waals surface area contributed by atoms with Crippen molar-refractivity contribution in [3.8, 4) is 0 Å². The molecule has 13 heavy (non-hydrogen) atoms. The number of aliphatic hydroxyl groups excluding tert-OH is 2. The Morgan fingerprint density at radius 1 is 1.54 bits per heavy atom. The summed E-state index contributed by atoms with van der Waals surface area (Å²) in [7, 11) is 0. The topological polar surface area (TPSA) is 64.9 Å². The Hall–Kier alpha value is -0.820. The van der Waals surface area contributed by atoms with Gasteiger partial charge in [-0.15, -0.1) is 0 Å². The number of halogens is 3. The third kappa shape index (κ3) is 1.92. The molecule has 0 fully saturated rings. The maximum Gasteiger partial charge on any atom is 0.415 e. The molecule has 7 heteroatoms. The fraction of sp³-hybridized carbons (Fsp3) is 0.833. The Morgan fingerprint density at radius 2 is 2.08 bits per heavy atom. The summed E-state index contributed by atoms with van der Waals surface area (Å²) in [6.07, 6.45) is -8.80. The van der Waals surface area contributed by atoms with Crippen LogP contribution < -0.4 is 5.43 Å². The van der Waals surface area contributed by atoms with Gasteiger partial charge in [0.15, 0.2) is 12.3 Å². The summed E-state index contributed by atoms with van der Waals surface area (Å²) in [6.45, 7) is 1.31. The smallest absolute Gasteiger partial charge is 0.383 e. The molecule has 1 aliphatic rings.